The zero-order valence-corrected chi connectivity index (χ0v) is 9.98. The molecule has 0 bridgehead atoms. The molecule has 1 heterocycles. The molecule has 0 radical (unpaired) electrons. The van der Waals surface area contributed by atoms with Gasteiger partial charge >= 0.3 is 29.6 Å². The van der Waals surface area contributed by atoms with Gasteiger partial charge in [-0.15, -0.1) is 0 Å². The zero-order valence-electron chi connectivity index (χ0n) is 7.98. The first-order valence-corrected chi connectivity index (χ1v) is 3.57. The third kappa shape index (κ3) is 3.49. The van der Waals surface area contributed by atoms with Gasteiger partial charge in [0.25, 0.3) is 5.91 Å². The fourth-order valence-corrected chi connectivity index (χ4v) is 0.840. The van der Waals surface area contributed by atoms with Gasteiger partial charge in [-0.1, -0.05) is 0 Å². The van der Waals surface area contributed by atoms with Gasteiger partial charge in [-0.05, 0) is 6.07 Å². The number of carbonyl (C=O) groups excluding carboxylic acids is 2. The molecule has 0 aromatic carbocycles. The van der Waals surface area contributed by atoms with E-state index in [9.17, 15) is 14.7 Å². The molecular formula is C7H8N3NaO3. The summed E-state index contributed by atoms with van der Waals surface area (Å²) in [5.41, 5.74) is 0.307. The Bertz CT molecular complexity index is 337. The summed E-state index contributed by atoms with van der Waals surface area (Å²) >= 11 is 0. The molecule has 0 aliphatic rings. The molecule has 1 aromatic rings. The fourth-order valence-electron chi connectivity index (χ4n) is 0.840. The Morgan fingerprint density at radius 3 is 2.71 bits per heavy atom. The summed E-state index contributed by atoms with van der Waals surface area (Å²) in [6.07, 6.45) is 1.45. The molecule has 1 rings (SSSR count). The Morgan fingerprint density at radius 2 is 2.29 bits per heavy atom. The van der Waals surface area contributed by atoms with Crippen molar-refractivity contribution in [2.24, 2.45) is 7.05 Å². The van der Waals surface area contributed by atoms with Gasteiger partial charge in [0.15, 0.2) is 0 Å². The quantitative estimate of drug-likeness (QED) is 0.500. The predicted octanol–water partition coefficient (Wildman–Crippen LogP) is -5.10. The van der Waals surface area contributed by atoms with Crippen molar-refractivity contribution < 1.29 is 44.3 Å². The van der Waals surface area contributed by atoms with Gasteiger partial charge in [-0.2, -0.15) is 5.10 Å². The number of aryl methyl sites for hydroxylation is 1. The van der Waals surface area contributed by atoms with Crippen LogP contribution in [0.2, 0.25) is 0 Å². The number of amides is 1. The molecule has 0 aliphatic heterocycles. The first-order valence-electron chi connectivity index (χ1n) is 3.57. The molecule has 0 unspecified atom stereocenters. The summed E-state index contributed by atoms with van der Waals surface area (Å²) in [6, 6.07) is 1.49. The molecule has 0 spiro atoms. The molecular weight excluding hydrogens is 197 g/mol. The van der Waals surface area contributed by atoms with E-state index in [2.05, 4.69) is 10.4 Å². The number of aliphatic carboxylic acids is 1. The van der Waals surface area contributed by atoms with Crippen LogP contribution in [0.15, 0.2) is 12.3 Å². The maximum atomic E-state index is 11.2. The SMILES string of the molecule is Cn1nccc1C(=O)NCC(=O)[O-].[Na+]. The number of carboxylic acid groups (broad SMARTS) is 1. The molecule has 14 heavy (non-hydrogen) atoms. The molecule has 1 N–H and O–H groups in total. The first kappa shape index (κ1) is 13.2. The smallest absolute Gasteiger partial charge is 0.548 e. The van der Waals surface area contributed by atoms with Crippen LogP contribution in [0, 0.1) is 0 Å². The number of hydrogen-bond donors (Lipinski definition) is 1. The molecule has 1 amide bonds. The van der Waals surface area contributed by atoms with Crippen LogP contribution in [0.5, 0.6) is 0 Å². The summed E-state index contributed by atoms with van der Waals surface area (Å²) in [5, 5.41) is 15.9. The van der Waals surface area contributed by atoms with Crippen LogP contribution in [0.25, 0.3) is 0 Å². The number of carboxylic acids is 1. The number of nitrogens with zero attached hydrogens (tertiary/aromatic N) is 2. The Labute approximate surface area is 103 Å². The summed E-state index contributed by atoms with van der Waals surface area (Å²) < 4.78 is 1.35. The van der Waals surface area contributed by atoms with E-state index in [4.69, 9.17) is 0 Å². The van der Waals surface area contributed by atoms with Gasteiger partial charge in [-0.25, -0.2) is 0 Å². The normalized spacial score (nSPS) is 8.93. The van der Waals surface area contributed by atoms with Crippen molar-refractivity contribution in [3.63, 3.8) is 0 Å². The van der Waals surface area contributed by atoms with Crippen LogP contribution in [0.4, 0.5) is 0 Å². The number of aromatic nitrogens is 2. The predicted molar refractivity (Wildman–Crippen MR) is 40.5 cm³/mol. The number of hydrogen-bond acceptors (Lipinski definition) is 4. The summed E-state index contributed by atoms with van der Waals surface area (Å²) in [4.78, 5) is 21.2. The van der Waals surface area contributed by atoms with Gasteiger partial charge in [0.2, 0.25) is 0 Å². The second kappa shape index (κ2) is 5.79. The van der Waals surface area contributed by atoms with Gasteiger partial charge < -0.3 is 15.2 Å². The van der Waals surface area contributed by atoms with E-state index >= 15 is 0 Å². The molecule has 0 aliphatic carbocycles. The van der Waals surface area contributed by atoms with Gasteiger partial charge in [0, 0.05) is 13.2 Å². The molecule has 0 atom stereocenters. The Kier molecular flexibility index (Phi) is 5.44. The van der Waals surface area contributed by atoms with Gasteiger partial charge in [-0.3, -0.25) is 9.48 Å². The average Bonchev–Trinajstić information content (AvgIpc) is 2.47. The average molecular weight is 205 g/mol. The summed E-state index contributed by atoms with van der Waals surface area (Å²) in [5.74, 6) is -1.81. The fraction of sp³-hybridized carbons (Fsp3) is 0.286. The first-order chi connectivity index (χ1) is 6.11. The van der Waals surface area contributed by atoms with Crippen molar-refractivity contribution >= 4 is 11.9 Å². The van der Waals surface area contributed by atoms with Crippen molar-refractivity contribution in [2.45, 2.75) is 0 Å². The van der Waals surface area contributed by atoms with E-state index in [-0.39, 0.29) is 29.6 Å². The zero-order chi connectivity index (χ0) is 9.84. The Morgan fingerprint density at radius 1 is 1.64 bits per heavy atom. The minimum absolute atomic E-state index is 0. The number of carbonyl (C=O) groups is 2. The van der Waals surface area contributed by atoms with Crippen molar-refractivity contribution in [2.75, 3.05) is 6.54 Å². The largest absolute Gasteiger partial charge is 1.00 e. The third-order valence-electron chi connectivity index (χ3n) is 1.45. The van der Waals surface area contributed by atoms with E-state index in [0.717, 1.165) is 0 Å². The van der Waals surface area contributed by atoms with Gasteiger partial charge in [0.1, 0.15) is 5.69 Å². The van der Waals surface area contributed by atoms with Gasteiger partial charge in [0.05, 0.1) is 12.5 Å². The van der Waals surface area contributed by atoms with Crippen LogP contribution >= 0.6 is 0 Å². The van der Waals surface area contributed by atoms with Crippen LogP contribution in [0.1, 0.15) is 10.5 Å². The molecule has 1 aromatic heterocycles. The van der Waals surface area contributed by atoms with Crippen LogP contribution < -0.4 is 40.0 Å². The van der Waals surface area contributed by atoms with E-state index in [1.54, 1.807) is 7.05 Å². The van der Waals surface area contributed by atoms with E-state index in [1.807, 2.05) is 0 Å². The Hall–Kier alpha value is -0.850. The number of rotatable bonds is 3. The molecule has 6 nitrogen and oxygen atoms in total. The summed E-state index contributed by atoms with van der Waals surface area (Å²) in [7, 11) is 1.59. The van der Waals surface area contributed by atoms with Crippen LogP contribution in [0.3, 0.4) is 0 Å². The van der Waals surface area contributed by atoms with E-state index in [0.29, 0.717) is 5.69 Å². The molecule has 70 valence electrons. The number of nitrogens with one attached hydrogen (secondary N) is 1. The topological polar surface area (TPSA) is 87.0 Å². The van der Waals surface area contributed by atoms with Crippen molar-refractivity contribution in [1.82, 2.24) is 15.1 Å². The minimum atomic E-state index is -1.32. The Balaban J connectivity index is 0.00000169. The molecule has 7 heteroatoms. The van der Waals surface area contributed by atoms with E-state index in [1.165, 1.54) is 16.9 Å². The maximum Gasteiger partial charge on any atom is 1.00 e. The second-order valence-corrected chi connectivity index (χ2v) is 2.39. The monoisotopic (exact) mass is 205 g/mol. The van der Waals surface area contributed by atoms with E-state index < -0.39 is 18.4 Å². The van der Waals surface area contributed by atoms with Crippen molar-refractivity contribution in [1.29, 1.82) is 0 Å². The molecule has 0 saturated heterocycles. The second-order valence-electron chi connectivity index (χ2n) is 2.39. The van der Waals surface area contributed by atoms with Crippen molar-refractivity contribution in [3.8, 4) is 0 Å². The van der Waals surface area contributed by atoms with Crippen LogP contribution in [-0.4, -0.2) is 28.2 Å². The molecule has 0 fully saturated rings. The summed E-state index contributed by atoms with van der Waals surface area (Å²) in [6.45, 7) is -0.496. The minimum Gasteiger partial charge on any atom is -0.548 e. The third-order valence-corrected chi connectivity index (χ3v) is 1.45. The van der Waals surface area contributed by atoms with Crippen LogP contribution in [-0.2, 0) is 11.8 Å². The van der Waals surface area contributed by atoms with Crippen molar-refractivity contribution in [3.05, 3.63) is 18.0 Å². The maximum absolute atomic E-state index is 11.2. The molecule has 0 saturated carbocycles. The standard InChI is InChI=1S/C7H9N3O3.Na/c1-10-5(2-3-9-10)7(13)8-4-6(11)12;/h2-3H,4H2,1H3,(H,8,13)(H,11,12);/q;+1/p-1.